The molecule has 2 atom stereocenters. The van der Waals surface area contributed by atoms with Crippen molar-refractivity contribution < 1.29 is 19.0 Å². The van der Waals surface area contributed by atoms with Gasteiger partial charge in [0.15, 0.2) is 11.6 Å². The number of benzene rings is 2. The molecule has 2 N–H and O–H groups in total. The number of para-hydroxylation sites is 1. The standard InChI is InChI=1S/C21H20ClFN2O3/c22-14-5-6-16-13(11-14)12-17(24-16)21(27)25-9-7-18(26)20(8-10-25)28-19-4-2-1-3-15(19)23/h1-6,11-12,18,20,24,26H,7-10H2/t18-,20-/m0/s1. The lowest BCUT2D eigenvalue weighted by molar-refractivity contribution is 0.0328. The molecule has 1 aliphatic heterocycles. The second-order valence-electron chi connectivity index (χ2n) is 6.94. The van der Waals surface area contributed by atoms with Crippen LogP contribution in [0.15, 0.2) is 48.5 Å². The van der Waals surface area contributed by atoms with Crippen LogP contribution >= 0.6 is 11.6 Å². The van der Waals surface area contributed by atoms with E-state index < -0.39 is 18.0 Å². The van der Waals surface area contributed by atoms with Crippen molar-refractivity contribution in [2.24, 2.45) is 0 Å². The van der Waals surface area contributed by atoms with Gasteiger partial charge in [0.2, 0.25) is 0 Å². The quantitative estimate of drug-likeness (QED) is 0.695. The molecule has 146 valence electrons. The lowest BCUT2D eigenvalue weighted by atomic mass is 10.1. The summed E-state index contributed by atoms with van der Waals surface area (Å²) in [6.07, 6.45) is -0.584. The van der Waals surface area contributed by atoms with Crippen molar-refractivity contribution in [3.63, 3.8) is 0 Å². The molecule has 0 aliphatic carbocycles. The molecule has 1 saturated heterocycles. The fraction of sp³-hybridized carbons (Fsp3) is 0.286. The summed E-state index contributed by atoms with van der Waals surface area (Å²) in [5.41, 5.74) is 1.31. The van der Waals surface area contributed by atoms with Crippen molar-refractivity contribution in [2.75, 3.05) is 13.1 Å². The Hall–Kier alpha value is -2.57. The van der Waals surface area contributed by atoms with Gasteiger partial charge in [-0.1, -0.05) is 23.7 Å². The third-order valence-electron chi connectivity index (χ3n) is 5.02. The molecule has 2 heterocycles. The average molecular weight is 403 g/mol. The number of aromatic amines is 1. The summed E-state index contributed by atoms with van der Waals surface area (Å²) < 4.78 is 19.5. The van der Waals surface area contributed by atoms with E-state index in [1.165, 1.54) is 12.1 Å². The van der Waals surface area contributed by atoms with Gasteiger partial charge in [-0.25, -0.2) is 4.39 Å². The SMILES string of the molecule is O=C(c1cc2cc(Cl)ccc2[nH]1)N1CC[C@H](Oc2ccccc2F)[C@@H](O)CC1. The van der Waals surface area contributed by atoms with E-state index in [-0.39, 0.29) is 11.7 Å². The van der Waals surface area contributed by atoms with E-state index >= 15 is 0 Å². The summed E-state index contributed by atoms with van der Waals surface area (Å²) in [6, 6.07) is 13.3. The first-order valence-electron chi connectivity index (χ1n) is 9.18. The number of nitrogens with one attached hydrogen (secondary N) is 1. The van der Waals surface area contributed by atoms with E-state index in [9.17, 15) is 14.3 Å². The van der Waals surface area contributed by atoms with E-state index in [1.54, 1.807) is 35.2 Å². The molecule has 28 heavy (non-hydrogen) atoms. The van der Waals surface area contributed by atoms with Crippen molar-refractivity contribution >= 4 is 28.4 Å². The molecule has 0 bridgehead atoms. The molecule has 0 unspecified atom stereocenters. The molecule has 1 aromatic heterocycles. The highest BCUT2D eigenvalue weighted by atomic mass is 35.5. The Labute approximate surface area is 166 Å². The molecule has 0 spiro atoms. The number of carbonyl (C=O) groups excluding carboxylic acids is 1. The fourth-order valence-corrected chi connectivity index (χ4v) is 3.67. The molecule has 3 aromatic rings. The minimum atomic E-state index is -0.779. The minimum absolute atomic E-state index is 0.110. The summed E-state index contributed by atoms with van der Waals surface area (Å²) in [5, 5.41) is 11.9. The first-order chi connectivity index (χ1) is 13.5. The van der Waals surface area contributed by atoms with Crippen LogP contribution in [-0.2, 0) is 0 Å². The van der Waals surface area contributed by atoms with Gasteiger partial charge in [-0.05, 0) is 42.8 Å². The summed E-state index contributed by atoms with van der Waals surface area (Å²) in [4.78, 5) is 17.7. The van der Waals surface area contributed by atoms with Gasteiger partial charge in [-0.3, -0.25) is 4.79 Å². The van der Waals surface area contributed by atoms with Crippen LogP contribution in [0.2, 0.25) is 5.02 Å². The molecule has 4 rings (SSSR count). The monoisotopic (exact) mass is 402 g/mol. The van der Waals surface area contributed by atoms with Crippen LogP contribution < -0.4 is 4.74 Å². The first kappa shape index (κ1) is 18.8. The Morgan fingerprint density at radius 2 is 1.96 bits per heavy atom. The van der Waals surface area contributed by atoms with Crippen LogP contribution in [0.4, 0.5) is 4.39 Å². The maximum atomic E-state index is 13.8. The van der Waals surface area contributed by atoms with E-state index in [0.29, 0.717) is 36.6 Å². The van der Waals surface area contributed by atoms with Crippen LogP contribution in [0.3, 0.4) is 0 Å². The normalized spacial score (nSPS) is 20.2. The lowest BCUT2D eigenvalue weighted by Gasteiger charge is -2.22. The number of hydrogen-bond acceptors (Lipinski definition) is 3. The minimum Gasteiger partial charge on any atom is -0.485 e. The molecule has 1 aliphatic rings. The second kappa shape index (κ2) is 7.81. The van der Waals surface area contributed by atoms with Crippen molar-refractivity contribution in [3.05, 3.63) is 65.1 Å². The Morgan fingerprint density at radius 1 is 1.18 bits per heavy atom. The molecular weight excluding hydrogens is 383 g/mol. The van der Waals surface area contributed by atoms with Crippen molar-refractivity contribution in [2.45, 2.75) is 25.0 Å². The van der Waals surface area contributed by atoms with Gasteiger partial charge < -0.3 is 19.7 Å². The van der Waals surface area contributed by atoms with E-state index in [0.717, 1.165) is 10.9 Å². The van der Waals surface area contributed by atoms with Crippen molar-refractivity contribution in [3.8, 4) is 5.75 Å². The Bertz CT molecular complexity index is 1010. The van der Waals surface area contributed by atoms with Gasteiger partial charge in [0.1, 0.15) is 11.8 Å². The highest BCUT2D eigenvalue weighted by Crippen LogP contribution is 2.24. The Balaban J connectivity index is 1.47. The van der Waals surface area contributed by atoms with Gasteiger partial charge in [0, 0.05) is 35.4 Å². The number of carbonyl (C=O) groups is 1. The van der Waals surface area contributed by atoms with Gasteiger partial charge in [-0.15, -0.1) is 0 Å². The maximum absolute atomic E-state index is 13.8. The molecule has 5 nitrogen and oxygen atoms in total. The van der Waals surface area contributed by atoms with Crippen LogP contribution in [0.25, 0.3) is 10.9 Å². The molecule has 2 aromatic carbocycles. The number of fused-ring (bicyclic) bond motifs is 1. The number of hydrogen-bond donors (Lipinski definition) is 2. The van der Waals surface area contributed by atoms with Gasteiger partial charge in [0.25, 0.3) is 5.91 Å². The molecule has 1 amide bonds. The van der Waals surface area contributed by atoms with Gasteiger partial charge in [-0.2, -0.15) is 0 Å². The number of rotatable bonds is 3. The molecule has 0 radical (unpaired) electrons. The molecular formula is C21H20ClFN2O3. The van der Waals surface area contributed by atoms with Crippen molar-refractivity contribution in [1.29, 1.82) is 0 Å². The fourth-order valence-electron chi connectivity index (χ4n) is 3.49. The molecule has 1 fully saturated rings. The number of halogens is 2. The number of aliphatic hydroxyl groups excluding tert-OH is 1. The van der Waals surface area contributed by atoms with Gasteiger partial charge in [0.05, 0.1) is 6.10 Å². The van der Waals surface area contributed by atoms with E-state index in [1.807, 2.05) is 6.07 Å². The summed E-state index contributed by atoms with van der Waals surface area (Å²) in [5.74, 6) is -0.506. The number of aliphatic hydroxyl groups is 1. The lowest BCUT2D eigenvalue weighted by Crippen LogP contribution is -2.33. The number of aromatic nitrogens is 1. The third kappa shape index (κ3) is 3.84. The number of ether oxygens (including phenoxy) is 1. The van der Waals surface area contributed by atoms with E-state index in [4.69, 9.17) is 16.3 Å². The highest BCUT2D eigenvalue weighted by molar-refractivity contribution is 6.31. The van der Waals surface area contributed by atoms with Crippen LogP contribution in [-0.4, -0.2) is 46.2 Å². The second-order valence-corrected chi connectivity index (χ2v) is 7.37. The number of nitrogens with zero attached hydrogens (tertiary/aromatic N) is 1. The average Bonchev–Trinajstić information content (AvgIpc) is 3.02. The number of H-pyrrole nitrogens is 1. The highest BCUT2D eigenvalue weighted by Gasteiger charge is 2.29. The smallest absolute Gasteiger partial charge is 0.270 e. The largest absolute Gasteiger partial charge is 0.485 e. The van der Waals surface area contributed by atoms with Crippen molar-refractivity contribution in [1.82, 2.24) is 9.88 Å². The van der Waals surface area contributed by atoms with Crippen LogP contribution in [0.5, 0.6) is 5.75 Å². The predicted molar refractivity (Wildman–Crippen MR) is 105 cm³/mol. The topological polar surface area (TPSA) is 65.6 Å². The molecule has 7 heteroatoms. The zero-order valence-corrected chi connectivity index (χ0v) is 15.8. The zero-order valence-electron chi connectivity index (χ0n) is 15.1. The Morgan fingerprint density at radius 3 is 2.79 bits per heavy atom. The zero-order chi connectivity index (χ0) is 19.7. The van der Waals surface area contributed by atoms with E-state index in [2.05, 4.69) is 4.98 Å². The third-order valence-corrected chi connectivity index (χ3v) is 5.26. The summed E-state index contributed by atoms with van der Waals surface area (Å²) in [7, 11) is 0. The molecule has 0 saturated carbocycles. The van der Waals surface area contributed by atoms with Crippen LogP contribution in [0.1, 0.15) is 23.3 Å². The first-order valence-corrected chi connectivity index (χ1v) is 9.56. The number of likely N-dealkylation sites (tertiary alicyclic amines) is 1. The van der Waals surface area contributed by atoms with Gasteiger partial charge >= 0.3 is 0 Å². The maximum Gasteiger partial charge on any atom is 0.270 e. The summed E-state index contributed by atoms with van der Waals surface area (Å²) in [6.45, 7) is 0.804. The Kier molecular flexibility index (Phi) is 5.24. The van der Waals surface area contributed by atoms with Crippen LogP contribution in [0, 0.1) is 5.82 Å². The predicted octanol–water partition coefficient (Wildman–Crippen LogP) is 4.00. The summed E-state index contributed by atoms with van der Waals surface area (Å²) >= 11 is 6.01. The number of amides is 1.